The summed E-state index contributed by atoms with van der Waals surface area (Å²) in [6, 6.07) is 10.7. The van der Waals surface area contributed by atoms with E-state index in [1.54, 1.807) is 24.4 Å². The molecule has 0 atom stereocenters. The van der Waals surface area contributed by atoms with Crippen molar-refractivity contribution in [3.8, 4) is 0 Å². The first-order valence-electron chi connectivity index (χ1n) is 10.6. The van der Waals surface area contributed by atoms with Gasteiger partial charge in [0.1, 0.15) is 5.82 Å². The van der Waals surface area contributed by atoms with E-state index >= 15 is 0 Å². The van der Waals surface area contributed by atoms with Crippen molar-refractivity contribution in [2.45, 2.75) is 30.6 Å². The molecule has 0 spiro atoms. The van der Waals surface area contributed by atoms with Gasteiger partial charge in [-0.3, -0.25) is 9.78 Å². The first-order valence-corrected chi connectivity index (χ1v) is 12.1. The van der Waals surface area contributed by atoms with Crippen LogP contribution in [0.2, 0.25) is 0 Å². The zero-order valence-electron chi connectivity index (χ0n) is 17.6. The van der Waals surface area contributed by atoms with Gasteiger partial charge < -0.3 is 10.2 Å². The molecule has 4 rings (SSSR count). The maximum absolute atomic E-state index is 14.0. The molecule has 7 nitrogen and oxygen atoms in total. The largest absolute Gasteiger partial charge is 0.383 e. The van der Waals surface area contributed by atoms with Crippen molar-refractivity contribution in [2.75, 3.05) is 25.0 Å². The number of fused-ring (bicyclic) bond motifs is 1. The quantitative estimate of drug-likeness (QED) is 0.592. The van der Waals surface area contributed by atoms with Crippen LogP contribution >= 0.6 is 0 Å². The van der Waals surface area contributed by atoms with E-state index in [1.165, 1.54) is 24.3 Å². The highest BCUT2D eigenvalue weighted by Crippen LogP contribution is 2.28. The van der Waals surface area contributed by atoms with Crippen LogP contribution in [-0.2, 0) is 16.4 Å². The molecule has 1 amide bonds. The summed E-state index contributed by atoms with van der Waals surface area (Å²) >= 11 is 0. The summed E-state index contributed by atoms with van der Waals surface area (Å²) in [5.74, 6) is -0.508. The van der Waals surface area contributed by atoms with E-state index in [2.05, 4.69) is 10.3 Å². The summed E-state index contributed by atoms with van der Waals surface area (Å²) in [6.07, 6.45) is 5.18. The molecule has 1 aliphatic rings. The van der Waals surface area contributed by atoms with Crippen LogP contribution in [0, 0.1) is 5.82 Å². The van der Waals surface area contributed by atoms with E-state index in [0.29, 0.717) is 48.2 Å². The van der Waals surface area contributed by atoms with E-state index < -0.39 is 15.8 Å². The smallest absolute Gasteiger partial charge is 0.257 e. The third-order valence-electron chi connectivity index (χ3n) is 5.67. The summed E-state index contributed by atoms with van der Waals surface area (Å²) < 4.78 is 36.9. The van der Waals surface area contributed by atoms with Crippen LogP contribution in [0.15, 0.2) is 53.6 Å². The summed E-state index contributed by atoms with van der Waals surface area (Å²) in [5, 5.41) is 8.99. The summed E-state index contributed by atoms with van der Waals surface area (Å²) in [6.45, 7) is 1.87. The average Bonchev–Trinajstić information content (AvgIpc) is 2.79. The summed E-state index contributed by atoms with van der Waals surface area (Å²) in [5.41, 5.74) is 2.49. The van der Waals surface area contributed by atoms with Gasteiger partial charge in [-0.15, -0.1) is 0 Å². The van der Waals surface area contributed by atoms with Crippen molar-refractivity contribution in [3.63, 3.8) is 0 Å². The molecule has 1 aromatic heterocycles. The molecule has 2 aromatic carbocycles. The van der Waals surface area contributed by atoms with E-state index in [9.17, 15) is 17.6 Å². The lowest BCUT2D eigenvalue weighted by Gasteiger charge is -2.27. The van der Waals surface area contributed by atoms with Crippen LogP contribution in [0.25, 0.3) is 10.9 Å². The number of likely N-dealkylation sites (tertiary alicyclic amines) is 1. The molecule has 0 unspecified atom stereocenters. The van der Waals surface area contributed by atoms with Crippen molar-refractivity contribution >= 4 is 32.5 Å². The number of carbonyl (C=O) groups is 1. The highest BCUT2D eigenvalue weighted by molar-refractivity contribution is 7.89. The number of nitrogens with zero attached hydrogens (tertiary/aromatic N) is 2. The number of amides is 1. The molecule has 0 radical (unpaired) electrons. The SMILES string of the molecule is NS(=O)(=O)c1ccc(CCNc2c(C(=O)N3CCCCC3)cnc3ccc(F)cc23)cc1. The number of pyridine rings is 1. The number of carbonyl (C=O) groups excluding carboxylic acids is 1. The Kier molecular flexibility index (Phi) is 6.38. The lowest BCUT2D eigenvalue weighted by Crippen LogP contribution is -2.36. The van der Waals surface area contributed by atoms with Crippen LogP contribution < -0.4 is 10.5 Å². The number of benzene rings is 2. The number of hydrogen-bond acceptors (Lipinski definition) is 5. The third-order valence-corrected chi connectivity index (χ3v) is 6.60. The molecule has 1 aliphatic heterocycles. The zero-order valence-corrected chi connectivity index (χ0v) is 18.4. The number of anilines is 1. The van der Waals surface area contributed by atoms with E-state index in [0.717, 1.165) is 24.8 Å². The third kappa shape index (κ3) is 4.89. The first kappa shape index (κ1) is 22.2. The Bertz CT molecular complexity index is 1240. The maximum atomic E-state index is 14.0. The molecule has 32 heavy (non-hydrogen) atoms. The Hall–Kier alpha value is -3.04. The Morgan fingerprint density at radius 3 is 2.50 bits per heavy atom. The topological polar surface area (TPSA) is 105 Å². The summed E-state index contributed by atoms with van der Waals surface area (Å²) in [4.78, 5) is 19.4. The monoisotopic (exact) mass is 456 g/mol. The second-order valence-electron chi connectivity index (χ2n) is 7.93. The number of piperidine rings is 1. The first-order chi connectivity index (χ1) is 15.3. The predicted octanol–water partition coefficient (Wildman–Crippen LogP) is 3.30. The van der Waals surface area contributed by atoms with E-state index in [1.807, 2.05) is 4.90 Å². The van der Waals surface area contributed by atoms with Crippen molar-refractivity contribution in [2.24, 2.45) is 5.14 Å². The molecule has 0 aliphatic carbocycles. The Morgan fingerprint density at radius 1 is 1.09 bits per heavy atom. The van der Waals surface area contributed by atoms with Crippen molar-refractivity contribution in [1.82, 2.24) is 9.88 Å². The van der Waals surface area contributed by atoms with Crippen LogP contribution in [-0.4, -0.2) is 43.8 Å². The van der Waals surface area contributed by atoms with Gasteiger partial charge in [0.05, 0.1) is 21.7 Å². The van der Waals surface area contributed by atoms with Crippen molar-refractivity contribution in [1.29, 1.82) is 0 Å². The second-order valence-corrected chi connectivity index (χ2v) is 9.49. The highest BCUT2D eigenvalue weighted by Gasteiger charge is 2.23. The van der Waals surface area contributed by atoms with Gasteiger partial charge in [-0.1, -0.05) is 12.1 Å². The highest BCUT2D eigenvalue weighted by atomic mass is 32.2. The van der Waals surface area contributed by atoms with Crippen molar-refractivity contribution < 1.29 is 17.6 Å². The molecule has 3 aromatic rings. The predicted molar refractivity (Wildman–Crippen MR) is 121 cm³/mol. The minimum Gasteiger partial charge on any atom is -0.383 e. The standard InChI is InChI=1S/C23H25FN4O3S/c24-17-6-9-21-19(14-17)22(20(15-27-21)23(29)28-12-2-1-3-13-28)26-11-10-16-4-7-18(8-5-16)32(25,30)31/h4-9,14-15H,1-3,10-13H2,(H,26,27)(H2,25,30,31). The molecule has 1 saturated heterocycles. The van der Waals surface area contributed by atoms with E-state index in [4.69, 9.17) is 5.14 Å². The van der Waals surface area contributed by atoms with Gasteiger partial charge in [0.2, 0.25) is 10.0 Å². The molecule has 0 bridgehead atoms. The van der Waals surface area contributed by atoms with Gasteiger partial charge in [0.25, 0.3) is 5.91 Å². The number of nitrogens with one attached hydrogen (secondary N) is 1. The van der Waals surface area contributed by atoms with Gasteiger partial charge in [0.15, 0.2) is 0 Å². The molecular weight excluding hydrogens is 431 g/mol. The van der Waals surface area contributed by atoms with Crippen LogP contribution in [0.5, 0.6) is 0 Å². The fourth-order valence-electron chi connectivity index (χ4n) is 3.96. The minimum absolute atomic E-state index is 0.0548. The van der Waals surface area contributed by atoms with Gasteiger partial charge in [0, 0.05) is 31.2 Å². The average molecular weight is 457 g/mol. The normalized spacial score (nSPS) is 14.5. The second kappa shape index (κ2) is 9.22. The lowest BCUT2D eigenvalue weighted by molar-refractivity contribution is 0.0725. The molecule has 1 fully saturated rings. The minimum atomic E-state index is -3.74. The number of sulfonamides is 1. The molecule has 0 saturated carbocycles. The van der Waals surface area contributed by atoms with Crippen LogP contribution in [0.4, 0.5) is 10.1 Å². The fourth-order valence-corrected chi connectivity index (χ4v) is 4.48. The summed E-state index contributed by atoms with van der Waals surface area (Å²) in [7, 11) is -3.74. The fraction of sp³-hybridized carbons (Fsp3) is 0.304. The number of primary sulfonamides is 1. The van der Waals surface area contributed by atoms with Crippen molar-refractivity contribution in [3.05, 3.63) is 65.6 Å². The lowest BCUT2D eigenvalue weighted by atomic mass is 10.1. The van der Waals surface area contributed by atoms with Crippen LogP contribution in [0.3, 0.4) is 0 Å². The number of hydrogen-bond donors (Lipinski definition) is 2. The molecule has 3 N–H and O–H groups in total. The van der Waals surface area contributed by atoms with Crippen LogP contribution in [0.1, 0.15) is 35.2 Å². The number of nitrogens with two attached hydrogens (primary N) is 1. The van der Waals surface area contributed by atoms with Gasteiger partial charge in [-0.25, -0.2) is 17.9 Å². The maximum Gasteiger partial charge on any atom is 0.257 e. The Morgan fingerprint density at radius 2 is 1.81 bits per heavy atom. The number of halogens is 1. The van der Waals surface area contributed by atoms with Gasteiger partial charge in [-0.2, -0.15) is 0 Å². The molecular formula is C23H25FN4O3S. The Balaban J connectivity index is 1.59. The van der Waals surface area contributed by atoms with Gasteiger partial charge in [-0.05, 0) is 61.6 Å². The molecule has 168 valence electrons. The molecule has 9 heteroatoms. The number of rotatable bonds is 6. The zero-order chi connectivity index (χ0) is 22.7. The number of aromatic nitrogens is 1. The molecule has 2 heterocycles. The Labute approximate surface area is 186 Å². The van der Waals surface area contributed by atoms with E-state index in [-0.39, 0.29) is 10.8 Å². The van der Waals surface area contributed by atoms with Gasteiger partial charge >= 0.3 is 0 Å².